The van der Waals surface area contributed by atoms with Crippen LogP contribution in [0.5, 0.6) is 0 Å². The monoisotopic (exact) mass is 322 g/mol. The van der Waals surface area contributed by atoms with Crippen molar-refractivity contribution in [3.63, 3.8) is 0 Å². The lowest BCUT2D eigenvalue weighted by Gasteiger charge is -2.39. The molecule has 0 bridgehead atoms. The molecule has 2 heterocycles. The fourth-order valence-corrected chi connectivity index (χ4v) is 3.17. The van der Waals surface area contributed by atoms with Gasteiger partial charge in [-0.05, 0) is 19.3 Å². The van der Waals surface area contributed by atoms with Gasteiger partial charge in [0.1, 0.15) is 0 Å². The molecule has 6 nitrogen and oxygen atoms in total. The minimum atomic E-state index is 0.0301. The van der Waals surface area contributed by atoms with Gasteiger partial charge in [-0.25, -0.2) is 0 Å². The molecule has 23 heavy (non-hydrogen) atoms. The summed E-state index contributed by atoms with van der Waals surface area (Å²) in [5.41, 5.74) is 0. The van der Waals surface area contributed by atoms with E-state index >= 15 is 0 Å². The second kappa shape index (κ2) is 7.90. The fraction of sp³-hybridized carbons (Fsp3) is 0.824. The van der Waals surface area contributed by atoms with E-state index in [2.05, 4.69) is 43.2 Å². The number of piperidine rings is 1. The van der Waals surface area contributed by atoms with Gasteiger partial charge in [0.05, 0.1) is 6.04 Å². The Labute approximate surface area is 139 Å². The largest absolute Gasteiger partial charge is 0.342 e. The van der Waals surface area contributed by atoms with E-state index in [-0.39, 0.29) is 17.9 Å². The summed E-state index contributed by atoms with van der Waals surface area (Å²) < 4.78 is 5.39. The van der Waals surface area contributed by atoms with Crippen LogP contribution in [0.15, 0.2) is 4.52 Å². The summed E-state index contributed by atoms with van der Waals surface area (Å²) in [6, 6.07) is 0.410. The zero-order chi connectivity index (χ0) is 17.0. The predicted molar refractivity (Wildman–Crippen MR) is 89.0 cm³/mol. The Morgan fingerprint density at radius 3 is 2.70 bits per heavy atom. The Bertz CT molecular complexity index is 514. The maximum Gasteiger partial charge on any atom is 0.243 e. The first-order valence-electron chi connectivity index (χ1n) is 8.83. The lowest BCUT2D eigenvalue weighted by molar-refractivity contribution is -0.133. The molecule has 6 heteroatoms. The molecule has 1 aliphatic heterocycles. The number of aromatic nitrogens is 2. The highest BCUT2D eigenvalue weighted by Crippen LogP contribution is 2.24. The van der Waals surface area contributed by atoms with Gasteiger partial charge < -0.3 is 14.7 Å². The first-order valence-corrected chi connectivity index (χ1v) is 8.83. The van der Waals surface area contributed by atoms with Gasteiger partial charge in [0.15, 0.2) is 5.82 Å². The summed E-state index contributed by atoms with van der Waals surface area (Å²) in [7, 11) is 0. The minimum Gasteiger partial charge on any atom is -0.342 e. The SMILES string of the molecule is CCC(=O)N1CC[C@H](N[C@H](C)c2nc(C(C)C)no2)[C@H](CC)C1. The van der Waals surface area contributed by atoms with E-state index in [0.717, 1.165) is 31.8 Å². The molecular weight excluding hydrogens is 292 g/mol. The third-order valence-corrected chi connectivity index (χ3v) is 4.72. The van der Waals surface area contributed by atoms with Crippen LogP contribution in [0.4, 0.5) is 0 Å². The summed E-state index contributed by atoms with van der Waals surface area (Å²) in [4.78, 5) is 18.4. The summed E-state index contributed by atoms with van der Waals surface area (Å²) in [6.07, 6.45) is 2.61. The molecule has 130 valence electrons. The van der Waals surface area contributed by atoms with Gasteiger partial charge in [0.25, 0.3) is 0 Å². The lowest BCUT2D eigenvalue weighted by Crippen LogP contribution is -2.51. The molecule has 0 aromatic carbocycles. The van der Waals surface area contributed by atoms with Crippen LogP contribution in [0.1, 0.15) is 77.6 Å². The van der Waals surface area contributed by atoms with E-state index in [4.69, 9.17) is 4.52 Å². The third kappa shape index (κ3) is 4.31. The third-order valence-electron chi connectivity index (χ3n) is 4.72. The quantitative estimate of drug-likeness (QED) is 0.872. The van der Waals surface area contributed by atoms with Crippen LogP contribution < -0.4 is 5.32 Å². The van der Waals surface area contributed by atoms with Gasteiger partial charge in [-0.1, -0.05) is 39.3 Å². The maximum absolute atomic E-state index is 11.9. The highest BCUT2D eigenvalue weighted by molar-refractivity contribution is 5.75. The second-order valence-electron chi connectivity index (χ2n) is 6.79. The van der Waals surface area contributed by atoms with Crippen molar-refractivity contribution >= 4 is 5.91 Å². The number of carbonyl (C=O) groups excluding carboxylic acids is 1. The number of carbonyl (C=O) groups is 1. The van der Waals surface area contributed by atoms with Crippen molar-refractivity contribution in [3.8, 4) is 0 Å². The number of rotatable bonds is 6. The molecule has 0 radical (unpaired) electrons. The Hall–Kier alpha value is -1.43. The number of likely N-dealkylation sites (tertiary alicyclic amines) is 1. The average Bonchev–Trinajstić information content (AvgIpc) is 3.04. The van der Waals surface area contributed by atoms with Crippen molar-refractivity contribution < 1.29 is 9.32 Å². The summed E-state index contributed by atoms with van der Waals surface area (Å²) in [6.45, 7) is 12.0. The van der Waals surface area contributed by atoms with Gasteiger partial charge >= 0.3 is 0 Å². The fourth-order valence-electron chi connectivity index (χ4n) is 3.17. The van der Waals surface area contributed by atoms with E-state index in [1.807, 2.05) is 11.8 Å². The normalized spacial score (nSPS) is 23.3. The topological polar surface area (TPSA) is 71.3 Å². The van der Waals surface area contributed by atoms with Gasteiger partial charge in [0, 0.05) is 31.5 Å². The van der Waals surface area contributed by atoms with Crippen LogP contribution in [0.2, 0.25) is 0 Å². The van der Waals surface area contributed by atoms with Gasteiger partial charge in [0.2, 0.25) is 11.8 Å². The molecule has 3 atom stereocenters. The van der Waals surface area contributed by atoms with Gasteiger partial charge in [-0.15, -0.1) is 0 Å². The van der Waals surface area contributed by atoms with Crippen molar-refractivity contribution in [1.82, 2.24) is 20.4 Å². The number of nitrogens with one attached hydrogen (secondary N) is 1. The van der Waals surface area contributed by atoms with E-state index in [1.54, 1.807) is 0 Å². The minimum absolute atomic E-state index is 0.0301. The first-order chi connectivity index (χ1) is 11.0. The Morgan fingerprint density at radius 1 is 1.39 bits per heavy atom. The zero-order valence-corrected chi connectivity index (χ0v) is 15.0. The zero-order valence-electron chi connectivity index (χ0n) is 15.0. The molecule has 1 aromatic heterocycles. The molecule has 1 N–H and O–H groups in total. The van der Waals surface area contributed by atoms with Crippen LogP contribution in [0.3, 0.4) is 0 Å². The van der Waals surface area contributed by atoms with Crippen LogP contribution in [0.25, 0.3) is 0 Å². The van der Waals surface area contributed by atoms with Gasteiger partial charge in [-0.2, -0.15) is 4.98 Å². The van der Waals surface area contributed by atoms with Crippen molar-refractivity contribution in [3.05, 3.63) is 11.7 Å². The van der Waals surface area contributed by atoms with Crippen LogP contribution in [-0.4, -0.2) is 40.1 Å². The molecule has 1 fully saturated rings. The Balaban J connectivity index is 1.97. The average molecular weight is 322 g/mol. The highest BCUT2D eigenvalue weighted by Gasteiger charge is 2.31. The number of amides is 1. The first kappa shape index (κ1) is 17.9. The molecule has 0 saturated carbocycles. The molecule has 0 aliphatic carbocycles. The van der Waals surface area contributed by atoms with E-state index < -0.39 is 0 Å². The standard InChI is InChI=1S/C17H30N4O2/c1-6-13-10-21(15(22)7-2)9-8-14(13)18-12(5)17-19-16(11(3)4)20-23-17/h11-14,18H,6-10H2,1-5H3/t12-,13-,14+/m1/s1. The van der Waals surface area contributed by atoms with E-state index in [1.165, 1.54) is 0 Å². The smallest absolute Gasteiger partial charge is 0.243 e. The van der Waals surface area contributed by atoms with E-state index in [0.29, 0.717) is 24.3 Å². The molecule has 2 rings (SSSR count). The number of hydrogen-bond donors (Lipinski definition) is 1. The summed E-state index contributed by atoms with van der Waals surface area (Å²) in [5, 5.41) is 7.67. The van der Waals surface area contributed by atoms with Crippen LogP contribution >= 0.6 is 0 Å². The summed E-state index contributed by atoms with van der Waals surface area (Å²) >= 11 is 0. The molecule has 0 spiro atoms. The van der Waals surface area contributed by atoms with Crippen molar-refractivity contribution in [2.24, 2.45) is 5.92 Å². The Morgan fingerprint density at radius 2 is 2.13 bits per heavy atom. The Kier molecular flexibility index (Phi) is 6.16. The van der Waals surface area contributed by atoms with Crippen LogP contribution in [0, 0.1) is 5.92 Å². The molecule has 1 aliphatic rings. The van der Waals surface area contributed by atoms with Gasteiger partial charge in [-0.3, -0.25) is 4.79 Å². The van der Waals surface area contributed by atoms with E-state index in [9.17, 15) is 4.79 Å². The molecule has 1 amide bonds. The molecule has 1 aromatic rings. The number of nitrogens with zero attached hydrogens (tertiary/aromatic N) is 3. The number of hydrogen-bond acceptors (Lipinski definition) is 5. The second-order valence-corrected chi connectivity index (χ2v) is 6.79. The maximum atomic E-state index is 11.9. The van der Waals surface area contributed by atoms with Crippen molar-refractivity contribution in [2.75, 3.05) is 13.1 Å². The lowest BCUT2D eigenvalue weighted by atomic mass is 9.89. The molecule has 0 unspecified atom stereocenters. The molecule has 1 saturated heterocycles. The molecular formula is C17H30N4O2. The highest BCUT2D eigenvalue weighted by atomic mass is 16.5. The van der Waals surface area contributed by atoms with Crippen LogP contribution in [-0.2, 0) is 4.79 Å². The van der Waals surface area contributed by atoms with Crippen molar-refractivity contribution in [2.45, 2.75) is 71.9 Å². The van der Waals surface area contributed by atoms with Crippen molar-refractivity contribution in [1.29, 1.82) is 0 Å². The summed E-state index contributed by atoms with van der Waals surface area (Å²) in [5.74, 6) is 2.40. The predicted octanol–water partition coefficient (Wildman–Crippen LogP) is 2.88.